The lowest BCUT2D eigenvalue weighted by Crippen LogP contribution is -2.26. The first-order chi connectivity index (χ1) is 8.08. The Morgan fingerprint density at radius 2 is 2.24 bits per heavy atom. The topological polar surface area (TPSA) is 49.4 Å². The first-order valence-electron chi connectivity index (χ1n) is 5.25. The van der Waals surface area contributed by atoms with Crippen molar-refractivity contribution >= 4 is 29.5 Å². The quantitative estimate of drug-likeness (QED) is 0.814. The molecule has 4 nitrogen and oxygen atoms in total. The summed E-state index contributed by atoms with van der Waals surface area (Å²) >= 11 is 5.93. The lowest BCUT2D eigenvalue weighted by atomic mass is 10.2. The zero-order valence-corrected chi connectivity index (χ0v) is 10.6. The monoisotopic (exact) mass is 254 g/mol. The third-order valence-corrected chi connectivity index (χ3v) is 2.83. The summed E-state index contributed by atoms with van der Waals surface area (Å²) in [5.41, 5.74) is 1.35. The summed E-state index contributed by atoms with van der Waals surface area (Å²) in [6.07, 6.45) is 1.14. The fraction of sp³-hybridized carbons (Fsp3) is 0.333. The Morgan fingerprint density at radius 1 is 1.53 bits per heavy atom. The van der Waals surface area contributed by atoms with Crippen LogP contribution in [0.2, 0.25) is 5.02 Å². The van der Waals surface area contributed by atoms with Gasteiger partial charge in [-0.05, 0) is 18.2 Å². The van der Waals surface area contributed by atoms with Gasteiger partial charge in [-0.25, -0.2) is 0 Å². The average molecular weight is 255 g/mol. The number of rotatable bonds is 5. The van der Waals surface area contributed by atoms with Crippen LogP contribution in [0, 0.1) is 0 Å². The summed E-state index contributed by atoms with van der Waals surface area (Å²) < 4.78 is 0. The first-order valence-corrected chi connectivity index (χ1v) is 5.62. The molecule has 0 saturated carbocycles. The molecule has 0 atom stereocenters. The van der Waals surface area contributed by atoms with Crippen LogP contribution in [0.3, 0.4) is 0 Å². The van der Waals surface area contributed by atoms with Gasteiger partial charge in [0.2, 0.25) is 5.91 Å². The van der Waals surface area contributed by atoms with Gasteiger partial charge in [0, 0.05) is 38.3 Å². The molecule has 1 N–H and O–H groups in total. The Labute approximate surface area is 106 Å². The van der Waals surface area contributed by atoms with Gasteiger partial charge < -0.3 is 10.2 Å². The van der Waals surface area contributed by atoms with Crippen molar-refractivity contribution in [3.05, 3.63) is 28.8 Å². The van der Waals surface area contributed by atoms with Crippen LogP contribution in [0.1, 0.15) is 16.8 Å². The second-order valence-electron chi connectivity index (χ2n) is 3.67. The van der Waals surface area contributed by atoms with Gasteiger partial charge in [0.15, 0.2) is 6.29 Å². The summed E-state index contributed by atoms with van der Waals surface area (Å²) in [5, 5.41) is 2.98. The van der Waals surface area contributed by atoms with E-state index in [1.165, 1.54) is 0 Å². The van der Waals surface area contributed by atoms with Gasteiger partial charge in [-0.1, -0.05) is 11.6 Å². The van der Waals surface area contributed by atoms with Crippen LogP contribution in [0.25, 0.3) is 0 Å². The number of anilines is 1. The zero-order valence-electron chi connectivity index (χ0n) is 9.87. The lowest BCUT2D eigenvalue weighted by Gasteiger charge is -2.19. The van der Waals surface area contributed by atoms with Crippen molar-refractivity contribution in [2.45, 2.75) is 6.42 Å². The predicted octanol–water partition coefficient (Wildman–Crippen LogP) is 1.72. The van der Waals surface area contributed by atoms with Crippen molar-refractivity contribution in [1.29, 1.82) is 0 Å². The molecule has 0 bridgehead atoms. The van der Waals surface area contributed by atoms with E-state index in [2.05, 4.69) is 5.32 Å². The van der Waals surface area contributed by atoms with E-state index < -0.39 is 0 Å². The Bertz CT molecular complexity index is 421. The van der Waals surface area contributed by atoms with Crippen molar-refractivity contribution < 1.29 is 9.59 Å². The number of nitrogens with zero attached hydrogens (tertiary/aromatic N) is 1. The summed E-state index contributed by atoms with van der Waals surface area (Å²) in [6.45, 7) is 0.594. The molecule has 17 heavy (non-hydrogen) atoms. The number of aldehydes is 1. The molecule has 0 saturated heterocycles. The number of carbonyl (C=O) groups is 2. The second-order valence-corrected chi connectivity index (χ2v) is 4.08. The molecule has 0 aliphatic heterocycles. The van der Waals surface area contributed by atoms with E-state index >= 15 is 0 Å². The Kier molecular flexibility index (Phi) is 4.97. The molecule has 1 aromatic rings. The van der Waals surface area contributed by atoms with Gasteiger partial charge in [-0.15, -0.1) is 0 Å². The summed E-state index contributed by atoms with van der Waals surface area (Å²) in [7, 11) is 3.48. The number of benzene rings is 1. The molecular weight excluding hydrogens is 240 g/mol. The maximum Gasteiger partial charge on any atom is 0.221 e. The normalized spacial score (nSPS) is 9.82. The molecule has 0 fully saturated rings. The van der Waals surface area contributed by atoms with E-state index in [1.807, 2.05) is 11.9 Å². The molecule has 0 radical (unpaired) electrons. The number of hydrogen-bond donors (Lipinski definition) is 1. The number of amides is 1. The summed E-state index contributed by atoms with van der Waals surface area (Å²) in [5.74, 6) is -0.00698. The molecule has 92 valence electrons. The van der Waals surface area contributed by atoms with Gasteiger partial charge in [0.25, 0.3) is 0 Å². The van der Waals surface area contributed by atoms with Gasteiger partial charge in [-0.2, -0.15) is 0 Å². The van der Waals surface area contributed by atoms with E-state index in [1.54, 1.807) is 25.2 Å². The minimum atomic E-state index is -0.00698. The van der Waals surface area contributed by atoms with Crippen LogP contribution in [0.4, 0.5) is 5.69 Å². The lowest BCUT2D eigenvalue weighted by molar-refractivity contribution is -0.120. The fourth-order valence-corrected chi connectivity index (χ4v) is 1.59. The van der Waals surface area contributed by atoms with Gasteiger partial charge in [0.1, 0.15) is 0 Å². The van der Waals surface area contributed by atoms with Crippen LogP contribution in [-0.2, 0) is 4.79 Å². The van der Waals surface area contributed by atoms with Crippen molar-refractivity contribution in [2.24, 2.45) is 0 Å². The van der Waals surface area contributed by atoms with Crippen LogP contribution in [0.15, 0.2) is 18.2 Å². The van der Waals surface area contributed by atoms with E-state index in [4.69, 9.17) is 11.6 Å². The fourth-order valence-electron chi connectivity index (χ4n) is 1.37. The van der Waals surface area contributed by atoms with Crippen LogP contribution in [0.5, 0.6) is 0 Å². The molecule has 0 aliphatic carbocycles. The highest BCUT2D eigenvalue weighted by Crippen LogP contribution is 2.21. The van der Waals surface area contributed by atoms with Crippen molar-refractivity contribution in [3.63, 3.8) is 0 Å². The number of halogens is 1. The molecule has 1 aromatic carbocycles. The SMILES string of the molecule is CNC(=O)CCN(C)c1ccc(C=O)c(Cl)c1. The van der Waals surface area contributed by atoms with E-state index in [-0.39, 0.29) is 5.91 Å². The molecule has 1 rings (SSSR count). The number of nitrogens with one attached hydrogen (secondary N) is 1. The van der Waals surface area contributed by atoms with Crippen molar-refractivity contribution in [3.8, 4) is 0 Å². The molecule has 1 amide bonds. The molecular formula is C12H15ClN2O2. The highest BCUT2D eigenvalue weighted by Gasteiger charge is 2.06. The van der Waals surface area contributed by atoms with Crippen LogP contribution in [-0.4, -0.2) is 32.8 Å². The average Bonchev–Trinajstić information content (AvgIpc) is 2.35. The standard InChI is InChI=1S/C12H15ClN2O2/c1-14-12(17)5-6-15(2)10-4-3-9(8-16)11(13)7-10/h3-4,7-8H,5-6H2,1-2H3,(H,14,17). The third-order valence-electron chi connectivity index (χ3n) is 2.50. The zero-order chi connectivity index (χ0) is 12.8. The maximum atomic E-state index is 11.1. The molecule has 0 heterocycles. The van der Waals surface area contributed by atoms with Gasteiger partial charge in [0.05, 0.1) is 5.02 Å². The van der Waals surface area contributed by atoms with E-state index in [0.29, 0.717) is 23.6 Å². The highest BCUT2D eigenvalue weighted by molar-refractivity contribution is 6.33. The predicted molar refractivity (Wildman–Crippen MR) is 68.8 cm³/mol. The minimum absolute atomic E-state index is 0.00698. The number of carbonyl (C=O) groups excluding carboxylic acids is 2. The molecule has 5 heteroatoms. The maximum absolute atomic E-state index is 11.1. The first kappa shape index (κ1) is 13.5. The third kappa shape index (κ3) is 3.75. The molecule has 0 aromatic heterocycles. The molecule has 0 spiro atoms. The highest BCUT2D eigenvalue weighted by atomic mass is 35.5. The Balaban J connectivity index is 2.69. The molecule has 0 aliphatic rings. The minimum Gasteiger partial charge on any atom is -0.374 e. The van der Waals surface area contributed by atoms with Crippen molar-refractivity contribution in [1.82, 2.24) is 5.32 Å². The molecule has 0 unspecified atom stereocenters. The Morgan fingerprint density at radius 3 is 2.76 bits per heavy atom. The van der Waals surface area contributed by atoms with Gasteiger partial charge >= 0.3 is 0 Å². The second kappa shape index (κ2) is 6.25. The smallest absolute Gasteiger partial charge is 0.221 e. The van der Waals surface area contributed by atoms with E-state index in [9.17, 15) is 9.59 Å². The van der Waals surface area contributed by atoms with Crippen LogP contribution < -0.4 is 10.2 Å². The van der Waals surface area contributed by atoms with E-state index in [0.717, 1.165) is 12.0 Å². The summed E-state index contributed by atoms with van der Waals surface area (Å²) in [4.78, 5) is 23.6. The van der Waals surface area contributed by atoms with Crippen molar-refractivity contribution in [2.75, 3.05) is 25.5 Å². The van der Waals surface area contributed by atoms with Gasteiger partial charge in [-0.3, -0.25) is 9.59 Å². The largest absolute Gasteiger partial charge is 0.374 e. The number of hydrogen-bond acceptors (Lipinski definition) is 3. The Hall–Kier alpha value is -1.55. The van der Waals surface area contributed by atoms with Crippen LogP contribution >= 0.6 is 11.6 Å². The summed E-state index contributed by atoms with van der Waals surface area (Å²) in [6, 6.07) is 5.19.